The van der Waals surface area contributed by atoms with Crippen LogP contribution in [-0.4, -0.2) is 36.6 Å². The molecule has 0 aromatic heterocycles. The van der Waals surface area contributed by atoms with Gasteiger partial charge in [-0.25, -0.2) is 0 Å². The molecule has 0 aliphatic heterocycles. The summed E-state index contributed by atoms with van der Waals surface area (Å²) in [5, 5.41) is 0. The minimum atomic E-state index is 0. The zero-order chi connectivity index (χ0) is 10.2. The maximum Gasteiger partial charge on any atom is 0.0106 e. The second kappa shape index (κ2) is 39.3. The van der Waals surface area contributed by atoms with Gasteiger partial charge in [-0.2, -0.15) is 24.0 Å². The van der Waals surface area contributed by atoms with Gasteiger partial charge in [0.05, 0.1) is 0 Å². The van der Waals surface area contributed by atoms with Crippen molar-refractivity contribution >= 4 is 36.6 Å². The Morgan fingerprint density at radius 1 is 1.08 bits per heavy atom. The van der Waals surface area contributed by atoms with Crippen LogP contribution in [0.25, 0.3) is 0 Å². The Labute approximate surface area is 105 Å². The fraction of sp³-hybridized carbons (Fsp3) is 0.250. The Kier molecular flexibility index (Phi) is 70.5. The molecule has 0 rings (SSSR count). The Bertz CT molecular complexity index is 211. The van der Waals surface area contributed by atoms with Crippen LogP contribution in [0.15, 0.2) is 12.3 Å². The van der Waals surface area contributed by atoms with Crippen LogP contribution in [0.3, 0.4) is 0 Å². The third-order valence-corrected chi connectivity index (χ3v) is 2.34. The number of hydrogen-bond donors (Lipinski definition) is 0. The normalized spacial score (nSPS) is 3.92. The minimum absolute atomic E-state index is 0. The number of rotatable bonds is 1. The molecule has 0 bridgehead atoms. The van der Waals surface area contributed by atoms with Crippen LogP contribution >= 0.6 is 0 Å². The minimum Gasteiger partial charge on any atom is -0.161 e. The standard InChI is InChI=1S/C4H6Si2.C3H4Si.CH2Si.Pt/c1-5-3-4-6-2;1-3-4-2;1-2;/h1-2H,3-4H2;2-3H,1H2;1-2H;. The summed E-state index contributed by atoms with van der Waals surface area (Å²) >= 11 is 0. The zero-order valence-corrected chi connectivity index (χ0v) is 13.8. The molecular weight excluding hydrogens is 404 g/mol. The van der Waals surface area contributed by atoms with Gasteiger partial charge in [-0.05, 0) is 45.4 Å². The van der Waals surface area contributed by atoms with E-state index in [0.717, 1.165) is 12.1 Å². The molecule has 0 aromatic rings. The molecule has 0 saturated carbocycles. The van der Waals surface area contributed by atoms with Crippen molar-refractivity contribution in [2.75, 3.05) is 0 Å². The Morgan fingerprint density at radius 2 is 1.31 bits per heavy atom. The SMILES string of the molecule is C#[SiH].C#[Si]C=C.C#[Si]CC[Si]#C.[Pt]. The van der Waals surface area contributed by atoms with Crippen molar-refractivity contribution in [2.24, 2.45) is 0 Å². The maximum atomic E-state index is 5.19. The molecule has 13 heavy (non-hydrogen) atoms. The topological polar surface area (TPSA) is 0 Å². The molecule has 0 radical (unpaired) electrons. The molecule has 0 aromatic carbocycles. The molecule has 0 unspecified atom stereocenters. The molecule has 0 nitrogen and oxygen atoms in total. The van der Waals surface area contributed by atoms with Gasteiger partial charge < -0.3 is 0 Å². The van der Waals surface area contributed by atoms with Crippen molar-refractivity contribution in [2.45, 2.75) is 12.1 Å². The van der Waals surface area contributed by atoms with E-state index in [9.17, 15) is 0 Å². The van der Waals surface area contributed by atoms with Crippen LogP contribution in [0.4, 0.5) is 0 Å². The van der Waals surface area contributed by atoms with E-state index in [1.807, 2.05) is 9.68 Å². The van der Waals surface area contributed by atoms with Gasteiger partial charge in [0.2, 0.25) is 0 Å². The van der Waals surface area contributed by atoms with E-state index in [4.69, 9.17) is 18.0 Å². The van der Waals surface area contributed by atoms with Gasteiger partial charge in [0.25, 0.3) is 0 Å². The maximum absolute atomic E-state index is 5.19. The van der Waals surface area contributed by atoms with Crippen LogP contribution in [0, 0.1) is 24.0 Å². The van der Waals surface area contributed by atoms with E-state index in [2.05, 4.69) is 12.6 Å². The predicted octanol–water partition coefficient (Wildman–Crippen LogP) is 0.306. The van der Waals surface area contributed by atoms with Crippen LogP contribution < -0.4 is 0 Å². The first-order valence-electron chi connectivity index (χ1n) is 3.10. The van der Waals surface area contributed by atoms with Gasteiger partial charge >= 0.3 is 0 Å². The van der Waals surface area contributed by atoms with E-state index >= 15 is 0 Å². The van der Waals surface area contributed by atoms with Crippen molar-refractivity contribution in [3.63, 3.8) is 0 Å². The molecule has 5 heteroatoms. The molecule has 0 N–H and O–H groups in total. The summed E-state index contributed by atoms with van der Waals surface area (Å²) in [5.41, 5.74) is 1.68. The smallest absolute Gasteiger partial charge is 0.0106 e. The third kappa shape index (κ3) is 69.1. The molecule has 0 spiro atoms. The van der Waals surface area contributed by atoms with Crippen molar-refractivity contribution in [3.8, 4) is 24.0 Å². The first-order chi connectivity index (χ1) is 5.83. The van der Waals surface area contributed by atoms with Crippen molar-refractivity contribution in [1.29, 1.82) is 0 Å². The van der Waals surface area contributed by atoms with E-state index in [0.29, 0.717) is 26.9 Å². The molecule has 0 saturated heterocycles. The Hall–Kier alpha value is 0.416. The van der Waals surface area contributed by atoms with E-state index < -0.39 is 0 Å². The van der Waals surface area contributed by atoms with Gasteiger partial charge in [0.15, 0.2) is 0 Å². The first-order valence-corrected chi connectivity index (χ1v) is 7.49. The largest absolute Gasteiger partial charge is 0.161 e. The Morgan fingerprint density at radius 3 is 1.38 bits per heavy atom. The van der Waals surface area contributed by atoms with Crippen molar-refractivity contribution in [3.05, 3.63) is 12.3 Å². The fourth-order valence-electron chi connectivity index (χ4n) is 0.144. The molecule has 70 valence electrons. The second-order valence-corrected chi connectivity index (χ2v) is 3.84. The first kappa shape index (κ1) is 23.3. The summed E-state index contributed by atoms with van der Waals surface area (Å²) in [6.45, 7) is 3.37. The average molecular weight is 416 g/mol. The summed E-state index contributed by atoms with van der Waals surface area (Å²) in [6, 6.07) is 21.9. The molecule has 0 heterocycles. The second-order valence-electron chi connectivity index (χ2n) is 1.28. The van der Waals surface area contributed by atoms with E-state index in [1.54, 1.807) is 5.70 Å². The molecular formula is C8H12PtSi4. The van der Waals surface area contributed by atoms with Gasteiger partial charge in [0.1, 0.15) is 0 Å². The molecule has 0 amide bonds. The molecule has 0 atom stereocenters. The molecule has 0 fully saturated rings. The summed E-state index contributed by atoms with van der Waals surface area (Å²) in [6.07, 6.45) is 0. The van der Waals surface area contributed by atoms with E-state index in [1.165, 1.54) is 0 Å². The molecule has 0 aliphatic carbocycles. The summed E-state index contributed by atoms with van der Waals surface area (Å²) in [5.74, 6) is 0. The summed E-state index contributed by atoms with van der Waals surface area (Å²) in [7, 11) is 3.50. The average Bonchev–Trinajstić information content (AvgIpc) is 2.18. The van der Waals surface area contributed by atoms with Crippen molar-refractivity contribution in [1.82, 2.24) is 0 Å². The Balaban J connectivity index is -0.0000000512. The quantitative estimate of drug-likeness (QED) is 0.427. The van der Waals surface area contributed by atoms with Crippen molar-refractivity contribution < 1.29 is 21.1 Å². The van der Waals surface area contributed by atoms with Crippen LogP contribution in [0.5, 0.6) is 0 Å². The van der Waals surface area contributed by atoms with E-state index in [-0.39, 0.29) is 21.1 Å². The summed E-state index contributed by atoms with van der Waals surface area (Å²) < 4.78 is 0. The van der Waals surface area contributed by atoms with Crippen LogP contribution in [-0.2, 0) is 21.1 Å². The molecule has 0 aliphatic rings. The summed E-state index contributed by atoms with van der Waals surface area (Å²) in [4.78, 5) is 0. The third-order valence-electron chi connectivity index (χ3n) is 0.532. The fourth-order valence-corrected chi connectivity index (χ4v) is 1.30. The van der Waals surface area contributed by atoms with Crippen LogP contribution in [0.1, 0.15) is 0 Å². The predicted molar refractivity (Wildman–Crippen MR) is 64.0 cm³/mol. The zero-order valence-electron chi connectivity index (χ0n) is 7.40. The van der Waals surface area contributed by atoms with Crippen LogP contribution in [0.2, 0.25) is 12.1 Å². The van der Waals surface area contributed by atoms with Gasteiger partial charge in [0, 0.05) is 30.0 Å². The monoisotopic (exact) mass is 415 g/mol. The van der Waals surface area contributed by atoms with Gasteiger partial charge in [-0.1, -0.05) is 6.58 Å². The number of hydrogen-bond acceptors (Lipinski definition) is 0. The van der Waals surface area contributed by atoms with Gasteiger partial charge in [-0.15, -0.1) is 0 Å². The van der Waals surface area contributed by atoms with Gasteiger partial charge in [-0.3, -0.25) is 0 Å².